The molecule has 30 nitrogen and oxygen atoms in total. The van der Waals surface area contributed by atoms with E-state index in [1.54, 1.807) is 14.2 Å². The highest BCUT2D eigenvalue weighted by Crippen LogP contribution is 2.03. The van der Waals surface area contributed by atoms with Crippen LogP contribution in [0, 0.1) is 0 Å². The van der Waals surface area contributed by atoms with Crippen molar-refractivity contribution in [3.8, 4) is 0 Å². The highest BCUT2D eigenvalue weighted by molar-refractivity contribution is 5.93. The SMILES string of the molecule is COCCCOCOCCOCCOCCOCCOCCOCCOCCOCCOCCOCCN(CCOCCOCCOCCOCCOCCOCCOCCOCCOCCOCOCCCOC)C(=O)c1cnc(C(N)=O)cn1. The van der Waals surface area contributed by atoms with Crippen LogP contribution in [0.4, 0.5) is 0 Å². The third-order valence-electron chi connectivity index (χ3n) is 10.7. The minimum Gasteiger partial charge on any atom is -0.385 e. The Kier molecular flexibility index (Phi) is 65.5. The molecular formula is C56H106N4O26. The first-order valence-electron chi connectivity index (χ1n) is 29.7. The molecule has 1 aromatic heterocycles. The van der Waals surface area contributed by atoms with Crippen molar-refractivity contribution in [2.75, 3.05) is 318 Å². The number of ether oxygens (including phenoxy) is 24. The van der Waals surface area contributed by atoms with E-state index in [1.165, 1.54) is 17.3 Å². The predicted molar refractivity (Wildman–Crippen MR) is 308 cm³/mol. The van der Waals surface area contributed by atoms with Crippen molar-refractivity contribution < 1.29 is 123 Å². The van der Waals surface area contributed by atoms with E-state index in [-0.39, 0.29) is 51.3 Å². The second kappa shape index (κ2) is 69.5. The topological polar surface area (TPSA) is 311 Å². The third kappa shape index (κ3) is 60.0. The molecule has 0 aliphatic rings. The smallest absolute Gasteiger partial charge is 0.274 e. The Morgan fingerprint density at radius 1 is 0.291 bits per heavy atom. The number of hydrogen-bond acceptors (Lipinski definition) is 28. The summed E-state index contributed by atoms with van der Waals surface area (Å²) in [5.74, 6) is -1.15. The summed E-state index contributed by atoms with van der Waals surface area (Å²) in [6.45, 7) is 19.9. The Labute approximate surface area is 509 Å². The highest BCUT2D eigenvalue weighted by atomic mass is 16.7. The Hall–Kier alpha value is -2.94. The van der Waals surface area contributed by atoms with E-state index in [1.807, 2.05) is 0 Å². The molecule has 30 heteroatoms. The average Bonchev–Trinajstić information content (AvgIpc) is 3.63. The van der Waals surface area contributed by atoms with Gasteiger partial charge in [0, 0.05) is 40.5 Å². The van der Waals surface area contributed by atoms with Crippen LogP contribution in [0.5, 0.6) is 0 Å². The van der Waals surface area contributed by atoms with Crippen molar-refractivity contribution in [1.82, 2.24) is 14.9 Å². The number of aromatic nitrogens is 2. The van der Waals surface area contributed by atoms with Crippen LogP contribution in [0.15, 0.2) is 12.4 Å². The zero-order valence-corrected chi connectivity index (χ0v) is 51.6. The van der Waals surface area contributed by atoms with Crippen LogP contribution in [-0.2, 0) is 114 Å². The summed E-state index contributed by atoms with van der Waals surface area (Å²) in [4.78, 5) is 34.3. The van der Waals surface area contributed by atoms with Crippen molar-refractivity contribution in [3.05, 3.63) is 23.8 Å². The van der Waals surface area contributed by atoms with Crippen LogP contribution in [-0.4, -0.2) is 345 Å². The minimum absolute atomic E-state index is 0.0465. The van der Waals surface area contributed by atoms with Crippen LogP contribution in [0.25, 0.3) is 0 Å². The van der Waals surface area contributed by atoms with Crippen LogP contribution >= 0.6 is 0 Å². The van der Waals surface area contributed by atoms with E-state index >= 15 is 0 Å². The first-order chi connectivity index (χ1) is 42.6. The fourth-order valence-electron chi connectivity index (χ4n) is 6.31. The molecule has 1 rings (SSSR count). The van der Waals surface area contributed by atoms with Crippen molar-refractivity contribution in [2.24, 2.45) is 5.73 Å². The lowest BCUT2D eigenvalue weighted by Crippen LogP contribution is -2.37. The van der Waals surface area contributed by atoms with Gasteiger partial charge in [0.2, 0.25) is 0 Å². The third-order valence-corrected chi connectivity index (χ3v) is 10.7. The largest absolute Gasteiger partial charge is 0.385 e. The van der Waals surface area contributed by atoms with Crippen LogP contribution in [0.3, 0.4) is 0 Å². The van der Waals surface area contributed by atoms with E-state index in [4.69, 9.17) is 119 Å². The van der Waals surface area contributed by atoms with Gasteiger partial charge in [-0.25, -0.2) is 9.97 Å². The maximum absolute atomic E-state index is 13.3. The summed E-state index contributed by atoms with van der Waals surface area (Å²) >= 11 is 0. The fraction of sp³-hybridized carbons (Fsp3) is 0.893. The van der Waals surface area contributed by atoms with Crippen molar-refractivity contribution in [2.45, 2.75) is 12.8 Å². The maximum atomic E-state index is 13.3. The summed E-state index contributed by atoms with van der Waals surface area (Å²) in [7, 11) is 3.32. The first-order valence-corrected chi connectivity index (χ1v) is 29.7. The molecule has 86 heavy (non-hydrogen) atoms. The quantitative estimate of drug-likeness (QED) is 0.0680. The van der Waals surface area contributed by atoms with Gasteiger partial charge in [-0.15, -0.1) is 0 Å². The van der Waals surface area contributed by atoms with Gasteiger partial charge < -0.3 is 124 Å². The summed E-state index contributed by atoms with van der Waals surface area (Å²) in [6, 6.07) is 0. The van der Waals surface area contributed by atoms with Gasteiger partial charge in [-0.1, -0.05) is 0 Å². The van der Waals surface area contributed by atoms with Crippen LogP contribution < -0.4 is 5.73 Å². The summed E-state index contributed by atoms with van der Waals surface area (Å²) < 4.78 is 131. The molecule has 0 saturated heterocycles. The molecule has 0 aliphatic heterocycles. The Morgan fingerprint density at radius 2 is 0.488 bits per heavy atom. The van der Waals surface area contributed by atoms with Gasteiger partial charge in [0.15, 0.2) is 0 Å². The molecule has 0 saturated carbocycles. The van der Waals surface area contributed by atoms with E-state index in [9.17, 15) is 9.59 Å². The molecule has 0 radical (unpaired) electrons. The second-order valence-electron chi connectivity index (χ2n) is 17.5. The normalized spacial score (nSPS) is 11.6. The zero-order chi connectivity index (χ0) is 61.6. The molecule has 0 atom stereocenters. The standard InChI is InChI=1S/C56H106N4O26/c1-63-7-3-9-83-51-85-47-45-81-43-41-79-39-37-77-35-33-75-31-29-73-27-25-71-23-21-69-19-17-67-15-13-65-11-5-60(56(62)54-50-58-53(49-59-54)55(57)61)6-12-66-14-16-68-18-20-70-22-24-72-26-28-74-30-32-76-34-36-78-38-40-80-42-44-82-46-48-86-52-84-10-4-8-64-2/h49-50H,3-48,51-52H2,1-2H3,(H2,57,61). The molecule has 0 aliphatic carbocycles. The summed E-state index contributed by atoms with van der Waals surface area (Å²) in [5.41, 5.74) is 5.29. The van der Waals surface area contributed by atoms with Crippen molar-refractivity contribution >= 4 is 11.8 Å². The molecule has 0 spiro atoms. The predicted octanol–water partition coefficient (Wildman–Crippen LogP) is 0.371. The number of carbonyl (C=O) groups is 2. The van der Waals surface area contributed by atoms with Gasteiger partial charge in [-0.2, -0.15) is 0 Å². The average molecular weight is 1250 g/mol. The molecular weight excluding hydrogens is 1140 g/mol. The van der Waals surface area contributed by atoms with Crippen molar-refractivity contribution in [3.63, 3.8) is 0 Å². The monoisotopic (exact) mass is 1250 g/mol. The number of nitrogens with zero attached hydrogens (tertiary/aromatic N) is 3. The van der Waals surface area contributed by atoms with Crippen LogP contribution in [0.2, 0.25) is 0 Å². The van der Waals surface area contributed by atoms with Gasteiger partial charge in [0.05, 0.1) is 277 Å². The molecule has 0 fully saturated rings. The molecule has 2 N–H and O–H groups in total. The number of amides is 2. The molecule has 0 bridgehead atoms. The molecule has 0 aromatic carbocycles. The minimum atomic E-state index is -0.744. The number of methoxy groups -OCH3 is 2. The Morgan fingerprint density at radius 3 is 0.698 bits per heavy atom. The van der Waals surface area contributed by atoms with E-state index in [0.717, 1.165) is 12.8 Å². The lowest BCUT2D eigenvalue weighted by molar-refractivity contribution is -0.0758. The van der Waals surface area contributed by atoms with Gasteiger partial charge in [-0.3, -0.25) is 9.59 Å². The van der Waals surface area contributed by atoms with E-state index in [0.29, 0.717) is 264 Å². The van der Waals surface area contributed by atoms with E-state index < -0.39 is 11.8 Å². The Balaban J connectivity index is 1.92. The molecule has 1 aromatic rings. The lowest BCUT2D eigenvalue weighted by atomic mass is 10.3. The van der Waals surface area contributed by atoms with Crippen molar-refractivity contribution in [1.29, 1.82) is 0 Å². The lowest BCUT2D eigenvalue weighted by Gasteiger charge is -2.22. The summed E-state index contributed by atoms with van der Waals surface area (Å²) in [5, 5.41) is 0. The van der Waals surface area contributed by atoms with Crippen LogP contribution in [0.1, 0.15) is 33.8 Å². The Bertz CT molecular complexity index is 1450. The number of rotatable bonds is 74. The number of carbonyl (C=O) groups excluding carboxylic acids is 2. The number of primary amides is 1. The maximum Gasteiger partial charge on any atom is 0.274 e. The molecule has 1 heterocycles. The summed E-state index contributed by atoms with van der Waals surface area (Å²) in [6.07, 6.45) is 4.07. The number of hydrogen-bond donors (Lipinski definition) is 1. The second-order valence-corrected chi connectivity index (χ2v) is 17.5. The highest BCUT2D eigenvalue weighted by Gasteiger charge is 2.18. The first kappa shape index (κ1) is 81.1. The van der Waals surface area contributed by atoms with E-state index in [2.05, 4.69) is 9.97 Å². The molecule has 506 valence electrons. The molecule has 2 amide bonds. The van der Waals surface area contributed by atoms with Gasteiger partial charge in [-0.05, 0) is 12.8 Å². The van der Waals surface area contributed by atoms with Gasteiger partial charge >= 0.3 is 0 Å². The van der Waals surface area contributed by atoms with Gasteiger partial charge in [0.1, 0.15) is 25.0 Å². The zero-order valence-electron chi connectivity index (χ0n) is 51.6. The fourth-order valence-corrected chi connectivity index (χ4v) is 6.31. The van der Waals surface area contributed by atoms with Gasteiger partial charge in [0.25, 0.3) is 11.8 Å². The number of nitrogens with two attached hydrogens (primary N) is 1. The molecule has 0 unspecified atom stereocenters.